The maximum atomic E-state index is 5.72. The molecule has 0 aromatic rings. The van der Waals surface area contributed by atoms with Crippen LogP contribution < -0.4 is 0 Å². The fourth-order valence-electron chi connectivity index (χ4n) is 0.859. The van der Waals surface area contributed by atoms with Crippen LogP contribution in [0.25, 0.3) is 0 Å². The van der Waals surface area contributed by atoms with Crippen molar-refractivity contribution >= 4 is 24.5 Å². The molecule has 0 saturated carbocycles. The largest absolute Gasteiger partial charge is 0.357 e. The molecule has 14 heavy (non-hydrogen) atoms. The molecule has 0 aromatic carbocycles. The summed E-state index contributed by atoms with van der Waals surface area (Å²) in [5.41, 5.74) is 0. The summed E-state index contributed by atoms with van der Waals surface area (Å²) >= 11 is 5.72. The highest BCUT2D eigenvalue weighted by Gasteiger charge is 2.09. The van der Waals surface area contributed by atoms with Gasteiger partial charge in [-0.2, -0.15) is 5.10 Å². The van der Waals surface area contributed by atoms with Crippen LogP contribution in [0.2, 0.25) is 0 Å². The van der Waals surface area contributed by atoms with Gasteiger partial charge >= 0.3 is 0 Å². The van der Waals surface area contributed by atoms with Gasteiger partial charge in [0.25, 0.3) is 0 Å². The molecule has 0 fully saturated rings. The minimum atomic E-state index is 0.113. The minimum Gasteiger partial charge on any atom is -0.357 e. The van der Waals surface area contributed by atoms with E-state index in [0.717, 1.165) is 0 Å². The average Bonchev–Trinajstić information content (AvgIpc) is 2.16. The molecule has 5 heteroatoms. The smallest absolute Gasteiger partial charge is 0.144 e. The van der Waals surface area contributed by atoms with Gasteiger partial charge in [0.05, 0.1) is 0 Å². The highest BCUT2D eigenvalue weighted by molar-refractivity contribution is 6.29. The quantitative estimate of drug-likeness (QED) is 0.304. The molecule has 0 bridgehead atoms. The molecule has 0 spiro atoms. The predicted molar refractivity (Wildman–Crippen MR) is 62.6 cm³/mol. The summed E-state index contributed by atoms with van der Waals surface area (Å²) in [5, 5.41) is 6.32. The van der Waals surface area contributed by atoms with E-state index < -0.39 is 0 Å². The summed E-state index contributed by atoms with van der Waals surface area (Å²) in [5.74, 6) is 0. The first-order valence-electron chi connectivity index (χ1n) is 4.30. The normalized spacial score (nSPS) is 14.2. The van der Waals surface area contributed by atoms with Crippen LogP contribution in [0.3, 0.4) is 0 Å². The number of hydrogen-bond donors (Lipinski definition) is 0. The Morgan fingerprint density at radius 2 is 2.07 bits per heavy atom. The van der Waals surface area contributed by atoms with Crippen LogP contribution in [0, 0.1) is 0 Å². The number of hydrazone groups is 1. The maximum Gasteiger partial charge on any atom is 0.144 e. The van der Waals surface area contributed by atoms with E-state index >= 15 is 0 Å². The lowest BCUT2D eigenvalue weighted by molar-refractivity contribution is 0.142. The van der Waals surface area contributed by atoms with E-state index in [-0.39, 0.29) is 6.17 Å². The first-order chi connectivity index (χ1) is 6.52. The molecule has 0 aliphatic carbocycles. The molecule has 0 rings (SSSR count). The SMILES string of the molecule is C=N/C(Cl)=C\N(C)C(C)N(C)/N=C\C. The van der Waals surface area contributed by atoms with E-state index in [1.807, 2.05) is 37.9 Å². The lowest BCUT2D eigenvalue weighted by Gasteiger charge is -2.29. The van der Waals surface area contributed by atoms with Crippen LogP contribution >= 0.6 is 11.6 Å². The third-order valence-electron chi connectivity index (χ3n) is 1.89. The Morgan fingerprint density at radius 3 is 2.50 bits per heavy atom. The lowest BCUT2D eigenvalue weighted by Crippen LogP contribution is -2.36. The fourth-order valence-corrected chi connectivity index (χ4v) is 1.01. The summed E-state index contributed by atoms with van der Waals surface area (Å²) in [6.07, 6.45) is 3.56. The first-order valence-corrected chi connectivity index (χ1v) is 4.68. The maximum absolute atomic E-state index is 5.72. The Labute approximate surface area is 90.6 Å². The van der Waals surface area contributed by atoms with Gasteiger partial charge in [0, 0.05) is 26.5 Å². The zero-order chi connectivity index (χ0) is 11.1. The van der Waals surface area contributed by atoms with Crippen molar-refractivity contribution in [3.63, 3.8) is 0 Å². The van der Waals surface area contributed by atoms with Gasteiger partial charge in [0.15, 0.2) is 0 Å². The van der Waals surface area contributed by atoms with Crippen LogP contribution in [-0.4, -0.2) is 43.1 Å². The topological polar surface area (TPSA) is 31.2 Å². The van der Waals surface area contributed by atoms with E-state index in [4.69, 9.17) is 11.6 Å². The van der Waals surface area contributed by atoms with Crippen molar-refractivity contribution in [2.45, 2.75) is 20.0 Å². The zero-order valence-corrected chi connectivity index (χ0v) is 9.86. The third kappa shape index (κ3) is 4.28. The molecule has 0 saturated heterocycles. The zero-order valence-electron chi connectivity index (χ0n) is 9.11. The van der Waals surface area contributed by atoms with Gasteiger partial charge < -0.3 is 4.90 Å². The van der Waals surface area contributed by atoms with Crippen molar-refractivity contribution in [2.75, 3.05) is 14.1 Å². The molecule has 0 radical (unpaired) electrons. The van der Waals surface area contributed by atoms with Gasteiger partial charge in [0.2, 0.25) is 0 Å². The van der Waals surface area contributed by atoms with E-state index in [9.17, 15) is 0 Å². The number of halogens is 1. The first kappa shape index (κ1) is 13.0. The van der Waals surface area contributed by atoms with E-state index in [2.05, 4.69) is 16.8 Å². The Kier molecular flexibility index (Phi) is 5.95. The van der Waals surface area contributed by atoms with Gasteiger partial charge in [-0.15, -0.1) is 0 Å². The molecule has 4 nitrogen and oxygen atoms in total. The van der Waals surface area contributed by atoms with Crippen molar-refractivity contribution in [3.8, 4) is 0 Å². The summed E-state index contributed by atoms with van der Waals surface area (Å²) < 4.78 is 0. The van der Waals surface area contributed by atoms with E-state index in [1.165, 1.54) is 0 Å². The van der Waals surface area contributed by atoms with Crippen molar-refractivity contribution in [1.29, 1.82) is 0 Å². The Balaban J connectivity index is 4.38. The molecule has 1 unspecified atom stereocenters. The highest BCUT2D eigenvalue weighted by Crippen LogP contribution is 2.07. The molecule has 0 heterocycles. The van der Waals surface area contributed by atoms with Crippen LogP contribution in [0.5, 0.6) is 0 Å². The summed E-state index contributed by atoms with van der Waals surface area (Å²) in [6, 6.07) is 0. The molecule has 0 aromatic heterocycles. The Hall–Kier alpha value is -1.03. The number of hydrogen-bond acceptors (Lipinski definition) is 4. The molecule has 0 N–H and O–H groups in total. The van der Waals surface area contributed by atoms with Crippen LogP contribution in [-0.2, 0) is 0 Å². The molecule has 80 valence electrons. The second kappa shape index (κ2) is 6.43. The van der Waals surface area contributed by atoms with Gasteiger partial charge in [-0.05, 0) is 20.6 Å². The van der Waals surface area contributed by atoms with Gasteiger partial charge in [-0.25, -0.2) is 0 Å². The van der Waals surface area contributed by atoms with Crippen molar-refractivity contribution in [1.82, 2.24) is 9.91 Å². The van der Waals surface area contributed by atoms with Crippen molar-refractivity contribution in [2.24, 2.45) is 10.1 Å². The van der Waals surface area contributed by atoms with Gasteiger partial charge in [-0.3, -0.25) is 10.0 Å². The standard InChI is InChI=1S/C9H17ClN4/c1-6-12-14(5)8(2)13(4)7-9(10)11-3/h6-8H,3H2,1-2,4-5H3/b9-7-,12-6-. The van der Waals surface area contributed by atoms with Gasteiger partial charge in [0.1, 0.15) is 11.3 Å². The summed E-state index contributed by atoms with van der Waals surface area (Å²) in [4.78, 5) is 5.50. The van der Waals surface area contributed by atoms with Crippen molar-refractivity contribution in [3.05, 3.63) is 11.4 Å². The lowest BCUT2D eigenvalue weighted by atomic mass is 10.5. The van der Waals surface area contributed by atoms with Crippen LogP contribution in [0.4, 0.5) is 0 Å². The van der Waals surface area contributed by atoms with Crippen LogP contribution in [0.1, 0.15) is 13.8 Å². The van der Waals surface area contributed by atoms with E-state index in [0.29, 0.717) is 5.16 Å². The number of nitrogens with zero attached hydrogens (tertiary/aromatic N) is 4. The summed E-state index contributed by atoms with van der Waals surface area (Å²) in [7, 11) is 3.80. The number of rotatable bonds is 5. The molecular weight excluding hydrogens is 200 g/mol. The average molecular weight is 217 g/mol. The Morgan fingerprint density at radius 1 is 1.50 bits per heavy atom. The number of aliphatic imine (C=N–C) groups is 1. The van der Waals surface area contributed by atoms with Gasteiger partial charge in [-0.1, -0.05) is 11.6 Å². The van der Waals surface area contributed by atoms with Crippen LogP contribution in [0.15, 0.2) is 21.4 Å². The molecular formula is C9H17ClN4. The monoisotopic (exact) mass is 216 g/mol. The molecule has 0 amide bonds. The third-order valence-corrected chi connectivity index (χ3v) is 2.11. The molecule has 0 aliphatic rings. The summed E-state index contributed by atoms with van der Waals surface area (Å²) in [6.45, 7) is 7.22. The van der Waals surface area contributed by atoms with E-state index in [1.54, 1.807) is 12.4 Å². The molecule has 1 atom stereocenters. The Bertz CT molecular complexity index is 237. The second-order valence-corrected chi connectivity index (χ2v) is 3.24. The minimum absolute atomic E-state index is 0.113. The molecule has 0 aliphatic heterocycles. The predicted octanol–water partition coefficient (Wildman–Crippen LogP) is 1.94. The van der Waals surface area contributed by atoms with Crippen molar-refractivity contribution < 1.29 is 0 Å². The fraction of sp³-hybridized carbons (Fsp3) is 0.556. The second-order valence-electron chi connectivity index (χ2n) is 2.85. The highest BCUT2D eigenvalue weighted by atomic mass is 35.5.